The summed E-state index contributed by atoms with van der Waals surface area (Å²) in [5.41, 5.74) is -2.51. The zero-order valence-corrected chi connectivity index (χ0v) is 12.0. The molecule has 1 aromatic carbocycles. The number of carbonyl (C=O) groups is 1. The zero-order chi connectivity index (χ0) is 16.5. The summed E-state index contributed by atoms with van der Waals surface area (Å²) in [5.74, 6) is -2.26. The van der Waals surface area contributed by atoms with Crippen molar-refractivity contribution in [3.63, 3.8) is 0 Å². The maximum Gasteiger partial charge on any atom is 0.434 e. The van der Waals surface area contributed by atoms with Gasteiger partial charge >= 0.3 is 12.1 Å². The van der Waals surface area contributed by atoms with Crippen LogP contribution in [0.5, 0.6) is 0 Å². The number of carboxylic acids is 1. The Labute approximate surface area is 131 Å². The smallest absolute Gasteiger partial charge is 0.434 e. The maximum absolute atomic E-state index is 12.9. The minimum Gasteiger partial charge on any atom is -0.478 e. The predicted molar refractivity (Wildman–Crippen MR) is 73.7 cm³/mol. The average Bonchev–Trinajstić information content (AvgIpc) is 2.42. The Morgan fingerprint density at radius 3 is 2.32 bits per heavy atom. The van der Waals surface area contributed by atoms with Crippen molar-refractivity contribution in [2.24, 2.45) is 0 Å². The molecule has 0 aliphatic carbocycles. The number of aromatic carboxylic acids is 1. The summed E-state index contributed by atoms with van der Waals surface area (Å²) >= 11 is 11.7. The number of nitrogens with zero attached hydrogens (tertiary/aromatic N) is 2. The SMILES string of the molecule is O=C(O)c1cnc(Nc2c(Cl)cccc2Cl)nc1C(F)(F)F. The Morgan fingerprint density at radius 2 is 1.82 bits per heavy atom. The largest absolute Gasteiger partial charge is 0.478 e. The number of anilines is 2. The molecule has 0 fully saturated rings. The molecule has 0 spiro atoms. The van der Waals surface area contributed by atoms with Crippen LogP contribution in [-0.4, -0.2) is 21.0 Å². The number of benzene rings is 1. The zero-order valence-electron chi connectivity index (χ0n) is 10.4. The molecule has 0 radical (unpaired) electrons. The van der Waals surface area contributed by atoms with Crippen molar-refractivity contribution in [3.05, 3.63) is 45.7 Å². The number of rotatable bonds is 3. The summed E-state index contributed by atoms with van der Waals surface area (Å²) < 4.78 is 38.6. The molecule has 5 nitrogen and oxygen atoms in total. The van der Waals surface area contributed by atoms with Crippen molar-refractivity contribution >= 4 is 40.8 Å². The quantitative estimate of drug-likeness (QED) is 0.864. The van der Waals surface area contributed by atoms with E-state index in [2.05, 4.69) is 15.3 Å². The molecule has 0 aliphatic heterocycles. The van der Waals surface area contributed by atoms with Crippen LogP contribution < -0.4 is 5.32 Å². The molecule has 0 unspecified atom stereocenters. The highest BCUT2D eigenvalue weighted by atomic mass is 35.5. The summed E-state index contributed by atoms with van der Waals surface area (Å²) in [6.07, 6.45) is -4.39. The van der Waals surface area contributed by atoms with Crippen LogP contribution in [0.3, 0.4) is 0 Å². The highest BCUT2D eigenvalue weighted by Crippen LogP contribution is 2.34. The van der Waals surface area contributed by atoms with Gasteiger partial charge in [0.15, 0.2) is 5.69 Å². The lowest BCUT2D eigenvalue weighted by Gasteiger charge is -2.12. The molecule has 2 rings (SSSR count). The Hall–Kier alpha value is -2.06. The summed E-state index contributed by atoms with van der Waals surface area (Å²) in [6.45, 7) is 0. The van der Waals surface area contributed by atoms with Crippen LogP contribution in [0.15, 0.2) is 24.4 Å². The van der Waals surface area contributed by atoms with Crippen molar-refractivity contribution in [1.29, 1.82) is 0 Å². The lowest BCUT2D eigenvalue weighted by Crippen LogP contribution is -2.17. The number of halogens is 5. The fourth-order valence-electron chi connectivity index (χ4n) is 1.54. The Kier molecular flexibility index (Phi) is 4.43. The van der Waals surface area contributed by atoms with Gasteiger partial charge in [-0.15, -0.1) is 0 Å². The van der Waals surface area contributed by atoms with Gasteiger partial charge in [-0.2, -0.15) is 13.2 Å². The van der Waals surface area contributed by atoms with Gasteiger partial charge in [-0.05, 0) is 12.1 Å². The second-order valence-corrected chi connectivity index (χ2v) is 4.79. The normalized spacial score (nSPS) is 11.3. The average molecular weight is 352 g/mol. The standard InChI is InChI=1S/C12H6Cl2F3N3O2/c13-6-2-1-3-7(14)8(6)19-11-18-4-5(10(21)22)9(20-11)12(15,16)17/h1-4H,(H,21,22)(H,18,19,20). The lowest BCUT2D eigenvalue weighted by molar-refractivity contribution is -0.141. The number of para-hydroxylation sites is 1. The van der Waals surface area contributed by atoms with E-state index in [1.165, 1.54) is 12.1 Å². The van der Waals surface area contributed by atoms with E-state index in [-0.39, 0.29) is 15.7 Å². The van der Waals surface area contributed by atoms with Crippen LogP contribution in [0, 0.1) is 0 Å². The highest BCUT2D eigenvalue weighted by molar-refractivity contribution is 6.39. The van der Waals surface area contributed by atoms with Gasteiger partial charge in [-0.1, -0.05) is 29.3 Å². The van der Waals surface area contributed by atoms with Gasteiger partial charge in [-0.3, -0.25) is 0 Å². The summed E-state index contributed by atoms with van der Waals surface area (Å²) in [7, 11) is 0. The van der Waals surface area contributed by atoms with Gasteiger partial charge in [0, 0.05) is 6.20 Å². The molecule has 1 heterocycles. The maximum atomic E-state index is 12.9. The minimum absolute atomic E-state index is 0.113. The predicted octanol–water partition coefficient (Wildman–Crippen LogP) is 4.24. The molecule has 0 saturated carbocycles. The van der Waals surface area contributed by atoms with Crippen LogP contribution in [0.4, 0.5) is 24.8 Å². The molecular formula is C12H6Cl2F3N3O2. The molecular weight excluding hydrogens is 346 g/mol. The molecule has 0 aliphatic rings. The third kappa shape index (κ3) is 3.40. The van der Waals surface area contributed by atoms with Gasteiger partial charge in [0.1, 0.15) is 5.56 Å². The number of nitrogens with one attached hydrogen (secondary N) is 1. The van der Waals surface area contributed by atoms with Crippen LogP contribution in [-0.2, 0) is 6.18 Å². The molecule has 0 bridgehead atoms. The van der Waals surface area contributed by atoms with E-state index in [1.54, 1.807) is 6.07 Å². The topological polar surface area (TPSA) is 75.1 Å². The molecule has 2 aromatic rings. The van der Waals surface area contributed by atoms with Crippen molar-refractivity contribution in [2.75, 3.05) is 5.32 Å². The van der Waals surface area contributed by atoms with Crippen LogP contribution in [0.1, 0.15) is 16.1 Å². The van der Waals surface area contributed by atoms with E-state index in [4.69, 9.17) is 28.3 Å². The highest BCUT2D eigenvalue weighted by Gasteiger charge is 2.38. The number of hydrogen-bond acceptors (Lipinski definition) is 4. The first-order valence-electron chi connectivity index (χ1n) is 5.58. The summed E-state index contributed by atoms with van der Waals surface area (Å²) in [6, 6.07) is 4.48. The second-order valence-electron chi connectivity index (χ2n) is 3.98. The van der Waals surface area contributed by atoms with Crippen LogP contribution >= 0.6 is 23.2 Å². The van der Waals surface area contributed by atoms with Crippen molar-refractivity contribution < 1.29 is 23.1 Å². The molecule has 116 valence electrons. The van der Waals surface area contributed by atoms with Crippen LogP contribution in [0.25, 0.3) is 0 Å². The van der Waals surface area contributed by atoms with Crippen molar-refractivity contribution in [1.82, 2.24) is 9.97 Å². The first-order valence-corrected chi connectivity index (χ1v) is 6.34. The van der Waals surface area contributed by atoms with Gasteiger partial charge in [0.2, 0.25) is 5.95 Å². The molecule has 0 amide bonds. The molecule has 22 heavy (non-hydrogen) atoms. The Bertz CT molecular complexity index is 718. The number of carboxylic acid groups (broad SMARTS) is 1. The lowest BCUT2D eigenvalue weighted by atomic mass is 10.2. The van der Waals surface area contributed by atoms with E-state index >= 15 is 0 Å². The number of alkyl halides is 3. The van der Waals surface area contributed by atoms with Gasteiger partial charge < -0.3 is 10.4 Å². The third-order valence-electron chi connectivity index (χ3n) is 2.49. The Morgan fingerprint density at radius 1 is 1.23 bits per heavy atom. The van der Waals surface area contributed by atoms with Crippen LogP contribution in [0.2, 0.25) is 10.0 Å². The molecule has 2 N–H and O–H groups in total. The van der Waals surface area contributed by atoms with Crippen molar-refractivity contribution in [3.8, 4) is 0 Å². The second kappa shape index (κ2) is 5.98. The fourth-order valence-corrected chi connectivity index (χ4v) is 2.04. The van der Waals surface area contributed by atoms with E-state index in [1.807, 2.05) is 0 Å². The van der Waals surface area contributed by atoms with E-state index in [0.717, 1.165) is 0 Å². The van der Waals surface area contributed by atoms with Gasteiger partial charge in [-0.25, -0.2) is 14.8 Å². The first kappa shape index (κ1) is 16.3. The molecule has 10 heteroatoms. The van der Waals surface area contributed by atoms with Crippen molar-refractivity contribution in [2.45, 2.75) is 6.18 Å². The van der Waals surface area contributed by atoms with E-state index < -0.39 is 29.4 Å². The first-order chi connectivity index (χ1) is 10.2. The van der Waals surface area contributed by atoms with E-state index in [0.29, 0.717) is 6.20 Å². The monoisotopic (exact) mass is 351 g/mol. The number of aromatic nitrogens is 2. The molecule has 0 atom stereocenters. The molecule has 0 saturated heterocycles. The summed E-state index contributed by atoms with van der Waals surface area (Å²) in [5, 5.41) is 11.5. The summed E-state index contributed by atoms with van der Waals surface area (Å²) in [4.78, 5) is 17.5. The minimum atomic E-state index is -4.95. The molecule has 1 aromatic heterocycles. The van der Waals surface area contributed by atoms with E-state index in [9.17, 15) is 18.0 Å². The van der Waals surface area contributed by atoms with Gasteiger partial charge in [0.25, 0.3) is 0 Å². The Balaban J connectivity index is 2.48. The third-order valence-corrected chi connectivity index (χ3v) is 3.12. The number of hydrogen-bond donors (Lipinski definition) is 2. The fraction of sp³-hybridized carbons (Fsp3) is 0.0833. The van der Waals surface area contributed by atoms with Gasteiger partial charge in [0.05, 0.1) is 15.7 Å².